The monoisotopic (exact) mass is 196 g/mol. The van der Waals surface area contributed by atoms with Crippen LogP contribution in [0.2, 0.25) is 0 Å². The van der Waals surface area contributed by atoms with Crippen LogP contribution in [-0.4, -0.2) is 12.7 Å². The van der Waals surface area contributed by atoms with E-state index in [0.717, 1.165) is 6.61 Å². The minimum absolute atomic E-state index is 0.417. The molecule has 0 aromatic carbocycles. The highest BCUT2D eigenvalue weighted by atomic mass is 16.5. The molecule has 1 heteroatoms. The predicted octanol–water partition coefficient (Wildman–Crippen LogP) is 3.77. The van der Waals surface area contributed by atoms with Crippen molar-refractivity contribution in [3.05, 3.63) is 0 Å². The number of ether oxygens (including phenoxy) is 1. The summed E-state index contributed by atoms with van der Waals surface area (Å²) in [6.07, 6.45) is 8.99. The fourth-order valence-electron chi connectivity index (χ4n) is 3.82. The van der Waals surface area contributed by atoms with E-state index in [4.69, 9.17) is 4.74 Å². The highest BCUT2D eigenvalue weighted by Crippen LogP contribution is 2.58. The van der Waals surface area contributed by atoms with Gasteiger partial charge in [0.05, 0.1) is 6.10 Å². The number of rotatable bonds is 2. The van der Waals surface area contributed by atoms with Crippen LogP contribution < -0.4 is 0 Å². The standard InChI is InChI=1S/C13H24O/c1-4-14-11-12(2,3)9-10-13(11)7-5-6-8-13/h11H,4-10H2,1-3H3. The maximum atomic E-state index is 6.06. The van der Waals surface area contributed by atoms with Crippen molar-refractivity contribution in [2.45, 2.75) is 65.4 Å². The molecular formula is C13H24O. The van der Waals surface area contributed by atoms with Gasteiger partial charge in [-0.3, -0.25) is 0 Å². The molecule has 0 amide bonds. The Balaban J connectivity index is 2.17. The molecular weight excluding hydrogens is 172 g/mol. The van der Waals surface area contributed by atoms with E-state index in [2.05, 4.69) is 20.8 Å². The second kappa shape index (κ2) is 3.52. The van der Waals surface area contributed by atoms with Gasteiger partial charge in [-0.1, -0.05) is 26.7 Å². The van der Waals surface area contributed by atoms with Crippen molar-refractivity contribution < 1.29 is 4.74 Å². The lowest BCUT2D eigenvalue weighted by Crippen LogP contribution is -2.38. The third-order valence-electron chi connectivity index (χ3n) is 4.47. The van der Waals surface area contributed by atoms with Gasteiger partial charge in [0.2, 0.25) is 0 Å². The van der Waals surface area contributed by atoms with E-state index in [1.807, 2.05) is 0 Å². The first-order chi connectivity index (χ1) is 6.61. The molecule has 2 aliphatic rings. The molecule has 0 N–H and O–H groups in total. The Kier molecular flexibility index (Phi) is 2.63. The van der Waals surface area contributed by atoms with Gasteiger partial charge in [0.1, 0.15) is 0 Å². The molecule has 82 valence electrons. The van der Waals surface area contributed by atoms with E-state index in [0.29, 0.717) is 16.9 Å². The number of hydrogen-bond acceptors (Lipinski definition) is 1. The Labute approximate surface area is 88.2 Å². The molecule has 2 saturated carbocycles. The summed E-state index contributed by atoms with van der Waals surface area (Å²) in [5.74, 6) is 0. The fraction of sp³-hybridized carbons (Fsp3) is 1.00. The van der Waals surface area contributed by atoms with E-state index in [1.54, 1.807) is 0 Å². The van der Waals surface area contributed by atoms with Crippen LogP contribution in [0.3, 0.4) is 0 Å². The topological polar surface area (TPSA) is 9.23 Å². The first-order valence-electron chi connectivity index (χ1n) is 6.22. The minimum atomic E-state index is 0.417. The second-order valence-corrected chi connectivity index (χ2v) is 5.89. The lowest BCUT2D eigenvalue weighted by atomic mass is 9.77. The molecule has 2 fully saturated rings. The van der Waals surface area contributed by atoms with Gasteiger partial charge in [0, 0.05) is 6.61 Å². The Bertz CT molecular complexity index is 201. The third kappa shape index (κ3) is 1.50. The van der Waals surface area contributed by atoms with Crippen molar-refractivity contribution in [2.24, 2.45) is 10.8 Å². The van der Waals surface area contributed by atoms with Gasteiger partial charge in [0.25, 0.3) is 0 Å². The molecule has 0 aromatic heterocycles. The zero-order valence-electron chi connectivity index (χ0n) is 9.94. The Morgan fingerprint density at radius 3 is 2.29 bits per heavy atom. The van der Waals surface area contributed by atoms with Gasteiger partial charge in [-0.25, -0.2) is 0 Å². The first-order valence-corrected chi connectivity index (χ1v) is 6.22. The summed E-state index contributed by atoms with van der Waals surface area (Å²) < 4.78 is 6.06. The summed E-state index contributed by atoms with van der Waals surface area (Å²) in [5.41, 5.74) is 0.986. The van der Waals surface area contributed by atoms with Crippen LogP contribution in [0.4, 0.5) is 0 Å². The van der Waals surface area contributed by atoms with Gasteiger partial charge in [-0.05, 0) is 43.4 Å². The molecule has 2 rings (SSSR count). The Hall–Kier alpha value is -0.0400. The Morgan fingerprint density at radius 1 is 1.07 bits per heavy atom. The van der Waals surface area contributed by atoms with Crippen molar-refractivity contribution >= 4 is 0 Å². The van der Waals surface area contributed by atoms with E-state index >= 15 is 0 Å². The van der Waals surface area contributed by atoms with Gasteiger partial charge in [0.15, 0.2) is 0 Å². The quantitative estimate of drug-likeness (QED) is 0.653. The molecule has 0 saturated heterocycles. The van der Waals surface area contributed by atoms with Crippen LogP contribution in [-0.2, 0) is 4.74 Å². The second-order valence-electron chi connectivity index (χ2n) is 5.89. The van der Waals surface area contributed by atoms with Gasteiger partial charge < -0.3 is 4.74 Å². The molecule has 0 aromatic rings. The van der Waals surface area contributed by atoms with Crippen LogP contribution in [0.25, 0.3) is 0 Å². The summed E-state index contributed by atoms with van der Waals surface area (Å²) in [4.78, 5) is 0. The van der Waals surface area contributed by atoms with Crippen LogP contribution in [0.5, 0.6) is 0 Å². The van der Waals surface area contributed by atoms with Crippen molar-refractivity contribution in [2.75, 3.05) is 6.61 Å². The van der Waals surface area contributed by atoms with Crippen LogP contribution >= 0.6 is 0 Å². The lowest BCUT2D eigenvalue weighted by molar-refractivity contribution is -0.0636. The smallest absolute Gasteiger partial charge is 0.0681 e. The number of hydrogen-bond donors (Lipinski definition) is 0. The molecule has 1 atom stereocenters. The fourth-order valence-corrected chi connectivity index (χ4v) is 3.82. The zero-order chi connectivity index (χ0) is 10.2. The predicted molar refractivity (Wildman–Crippen MR) is 59.3 cm³/mol. The van der Waals surface area contributed by atoms with E-state index < -0.39 is 0 Å². The van der Waals surface area contributed by atoms with Crippen molar-refractivity contribution in [3.8, 4) is 0 Å². The average molecular weight is 196 g/mol. The zero-order valence-corrected chi connectivity index (χ0v) is 9.94. The van der Waals surface area contributed by atoms with E-state index in [1.165, 1.54) is 38.5 Å². The molecule has 0 aliphatic heterocycles. The molecule has 14 heavy (non-hydrogen) atoms. The van der Waals surface area contributed by atoms with Crippen molar-refractivity contribution in [1.82, 2.24) is 0 Å². The van der Waals surface area contributed by atoms with Gasteiger partial charge >= 0.3 is 0 Å². The molecule has 0 bridgehead atoms. The van der Waals surface area contributed by atoms with Crippen LogP contribution in [0.1, 0.15) is 59.3 Å². The minimum Gasteiger partial charge on any atom is -0.377 e. The van der Waals surface area contributed by atoms with Gasteiger partial charge in [-0.2, -0.15) is 0 Å². The summed E-state index contributed by atoms with van der Waals surface area (Å²) in [6, 6.07) is 0. The highest BCUT2D eigenvalue weighted by Gasteiger charge is 2.53. The van der Waals surface area contributed by atoms with Crippen LogP contribution in [0, 0.1) is 10.8 Å². The molecule has 2 aliphatic carbocycles. The first kappa shape index (κ1) is 10.5. The SMILES string of the molecule is CCOC1C(C)(C)CCC12CCCC2. The van der Waals surface area contributed by atoms with Crippen molar-refractivity contribution in [3.63, 3.8) is 0 Å². The summed E-state index contributed by atoms with van der Waals surface area (Å²) in [7, 11) is 0. The third-order valence-corrected chi connectivity index (χ3v) is 4.47. The maximum Gasteiger partial charge on any atom is 0.0681 e. The molecule has 1 nitrogen and oxygen atoms in total. The lowest BCUT2D eigenvalue weighted by Gasteiger charge is -2.37. The summed E-state index contributed by atoms with van der Waals surface area (Å²) >= 11 is 0. The van der Waals surface area contributed by atoms with E-state index in [9.17, 15) is 0 Å². The maximum absolute atomic E-state index is 6.06. The van der Waals surface area contributed by atoms with Crippen LogP contribution in [0.15, 0.2) is 0 Å². The molecule has 0 radical (unpaired) electrons. The largest absolute Gasteiger partial charge is 0.377 e. The Morgan fingerprint density at radius 2 is 1.71 bits per heavy atom. The van der Waals surface area contributed by atoms with Crippen molar-refractivity contribution in [1.29, 1.82) is 0 Å². The highest BCUT2D eigenvalue weighted by molar-refractivity contribution is 5.04. The average Bonchev–Trinajstić information content (AvgIpc) is 2.68. The summed E-state index contributed by atoms with van der Waals surface area (Å²) in [6.45, 7) is 7.80. The summed E-state index contributed by atoms with van der Waals surface area (Å²) in [5, 5.41) is 0. The van der Waals surface area contributed by atoms with E-state index in [-0.39, 0.29) is 0 Å². The van der Waals surface area contributed by atoms with Gasteiger partial charge in [-0.15, -0.1) is 0 Å². The molecule has 1 unspecified atom stereocenters. The normalized spacial score (nSPS) is 34.1. The molecule has 1 spiro atoms. The molecule has 0 heterocycles.